The summed E-state index contributed by atoms with van der Waals surface area (Å²) in [6, 6.07) is 19.0. The van der Waals surface area contributed by atoms with E-state index in [4.69, 9.17) is 16.3 Å². The molecule has 2 aromatic carbocycles. The number of nitrogens with zero attached hydrogens (tertiary/aromatic N) is 1. The number of imide groups is 1. The summed E-state index contributed by atoms with van der Waals surface area (Å²) in [6.07, 6.45) is 8.28. The maximum Gasteiger partial charge on any atom is 0.260 e. The van der Waals surface area contributed by atoms with Gasteiger partial charge in [0.05, 0.1) is 13.0 Å². The van der Waals surface area contributed by atoms with Crippen LogP contribution in [0.15, 0.2) is 95.8 Å². The third kappa shape index (κ3) is 7.06. The van der Waals surface area contributed by atoms with Gasteiger partial charge in [0.1, 0.15) is 17.5 Å². The second-order valence-electron chi connectivity index (χ2n) is 13.7. The Bertz CT molecular complexity index is 1530. The summed E-state index contributed by atoms with van der Waals surface area (Å²) in [5.41, 5.74) is 1.61. The number of alkyl halides is 1. The molecule has 0 aromatic heterocycles. The fourth-order valence-corrected chi connectivity index (χ4v) is 9.34. The lowest BCUT2D eigenvalue weighted by molar-refractivity contribution is -0.146. The first-order chi connectivity index (χ1) is 21.9. The minimum Gasteiger partial charge on any atom is -0.501 e. The molecule has 4 rings (SSSR count). The second-order valence-corrected chi connectivity index (χ2v) is 19.5. The highest BCUT2D eigenvalue weighted by Crippen LogP contribution is 2.58. The third-order valence-electron chi connectivity index (χ3n) is 9.48. The molecule has 0 unspecified atom stereocenters. The van der Waals surface area contributed by atoms with Crippen LogP contribution in [0.25, 0.3) is 0 Å². The van der Waals surface area contributed by atoms with E-state index in [0.717, 1.165) is 17.9 Å². The van der Waals surface area contributed by atoms with Gasteiger partial charge < -0.3 is 4.74 Å². The van der Waals surface area contributed by atoms with Crippen molar-refractivity contribution in [3.05, 3.63) is 107 Å². The number of ether oxygens (including phenoxy) is 1. The van der Waals surface area contributed by atoms with E-state index in [-0.39, 0.29) is 17.6 Å². The van der Waals surface area contributed by atoms with Gasteiger partial charge in [-0.1, -0.05) is 98.9 Å². The number of halogens is 1. The molecule has 1 fully saturated rings. The Morgan fingerprint density at radius 3 is 2.24 bits per heavy atom. The average Bonchev–Trinajstić information content (AvgIpc) is 3.30. The Balaban J connectivity index is 1.92. The van der Waals surface area contributed by atoms with Crippen LogP contribution in [0.3, 0.4) is 0 Å². The van der Waals surface area contributed by atoms with E-state index in [0.29, 0.717) is 36.2 Å². The number of allylic oxidation sites excluding steroid dienone is 6. The van der Waals surface area contributed by atoms with Gasteiger partial charge in [0.2, 0.25) is 5.91 Å². The van der Waals surface area contributed by atoms with Crippen molar-refractivity contribution in [3.8, 4) is 0 Å². The van der Waals surface area contributed by atoms with Gasteiger partial charge in [-0.3, -0.25) is 24.1 Å². The molecule has 0 N–H and O–H groups in total. The predicted octanol–water partition coefficient (Wildman–Crippen LogP) is 7.68. The molecule has 0 saturated carbocycles. The Kier molecular flexibility index (Phi) is 11.4. The van der Waals surface area contributed by atoms with E-state index in [9.17, 15) is 14.4 Å². The maximum atomic E-state index is 15.0. The van der Waals surface area contributed by atoms with Gasteiger partial charge >= 0.3 is 0 Å². The molecule has 1 aliphatic carbocycles. The van der Waals surface area contributed by atoms with Gasteiger partial charge in [0.25, 0.3) is 5.91 Å². The summed E-state index contributed by atoms with van der Waals surface area (Å²) >= 11 is 6.39. The summed E-state index contributed by atoms with van der Waals surface area (Å²) < 4.78 is 5.43. The van der Waals surface area contributed by atoms with Crippen LogP contribution in [0.5, 0.6) is 0 Å². The minimum absolute atomic E-state index is 0.131. The lowest BCUT2D eigenvalue weighted by Crippen LogP contribution is -2.53. The van der Waals surface area contributed by atoms with Crippen LogP contribution in [0.2, 0.25) is 25.7 Å². The first-order valence-electron chi connectivity index (χ1n) is 16.0. The number of hydrogen-bond acceptors (Lipinski definition) is 5. The number of benzene rings is 2. The molecule has 0 radical (unpaired) electrons. The number of carbonyl (C=O) groups is 4. The maximum absolute atomic E-state index is 15.0. The first kappa shape index (κ1) is 35.3. The van der Waals surface area contributed by atoms with Gasteiger partial charge in [-0.25, -0.2) is 0 Å². The molecular weight excluding hydrogens is 614 g/mol. The van der Waals surface area contributed by atoms with Gasteiger partial charge in [0.15, 0.2) is 5.78 Å². The Labute approximate surface area is 279 Å². The van der Waals surface area contributed by atoms with Crippen LogP contribution in [0.4, 0.5) is 0 Å². The summed E-state index contributed by atoms with van der Waals surface area (Å²) in [6.45, 7) is 10.8. The molecule has 6 nitrogen and oxygen atoms in total. The molecule has 8 heteroatoms. The number of carbonyl (C=O) groups excluding carboxylic acids is 4. The summed E-state index contributed by atoms with van der Waals surface area (Å²) in [5.74, 6) is -2.17. The van der Waals surface area contributed by atoms with Crippen molar-refractivity contribution in [2.75, 3.05) is 13.0 Å². The minimum atomic E-state index is -1.62. The van der Waals surface area contributed by atoms with E-state index in [2.05, 4.69) is 32.6 Å². The fraction of sp³-hybridized carbons (Fsp3) is 0.421. The van der Waals surface area contributed by atoms with Crippen LogP contribution < -0.4 is 0 Å². The van der Waals surface area contributed by atoms with Crippen LogP contribution in [0, 0.1) is 23.2 Å². The Morgan fingerprint density at radius 2 is 1.67 bits per heavy atom. The van der Waals surface area contributed by atoms with Crippen LogP contribution >= 0.6 is 11.6 Å². The Morgan fingerprint density at radius 1 is 1.04 bits per heavy atom. The highest BCUT2D eigenvalue weighted by atomic mass is 35.5. The highest BCUT2D eigenvalue weighted by Gasteiger charge is 2.69. The molecule has 2 amide bonds. The smallest absolute Gasteiger partial charge is 0.260 e. The predicted molar refractivity (Wildman–Crippen MR) is 186 cm³/mol. The number of Topliss-reactive ketones (excluding diaryl/α,β-unsaturated/α-hetero) is 1. The number of hydrogen-bond donors (Lipinski definition) is 0. The Hall–Kier alpha value is -3.55. The van der Waals surface area contributed by atoms with Gasteiger partial charge in [-0.2, -0.15) is 0 Å². The number of likely N-dealkylation sites (tertiary alicyclic amines) is 1. The monoisotopic (exact) mass is 659 g/mol. The van der Waals surface area contributed by atoms with E-state index in [1.165, 1.54) is 10.5 Å². The number of ketones is 1. The number of fused-ring (bicyclic) bond motifs is 1. The van der Waals surface area contributed by atoms with Gasteiger partial charge in [0, 0.05) is 43.5 Å². The SMILES string of the molecule is CO/C(CC/C=C/[C@@H]1C=C(C[Si](C)(C)C)[C@H](C)[C@@H]2[C@@H](Cc3ccccc3)N(C(=O)c3ccccc3)C(=O)[C@@]21C(=O)CCl)=C(\C)C=O. The molecule has 2 aromatic rings. The van der Waals surface area contributed by atoms with Crippen LogP contribution in [0.1, 0.15) is 42.6 Å². The molecule has 244 valence electrons. The molecular formula is C38H46ClNO5Si. The number of methoxy groups -OCH3 is 1. The summed E-state index contributed by atoms with van der Waals surface area (Å²) in [5, 5.41) is 0. The van der Waals surface area contributed by atoms with Crippen molar-refractivity contribution in [1.82, 2.24) is 4.90 Å². The summed E-state index contributed by atoms with van der Waals surface area (Å²) in [7, 11) is -0.0810. The zero-order chi connectivity index (χ0) is 33.6. The normalized spacial score (nSPS) is 25.2. The molecule has 1 aliphatic heterocycles. The molecule has 2 aliphatic rings. The lowest BCUT2D eigenvalue weighted by Gasteiger charge is -2.45. The van der Waals surface area contributed by atoms with Crippen molar-refractivity contribution in [2.24, 2.45) is 23.2 Å². The molecule has 5 atom stereocenters. The highest BCUT2D eigenvalue weighted by molar-refractivity contribution is 6.76. The largest absolute Gasteiger partial charge is 0.501 e. The van der Waals surface area contributed by atoms with Crippen molar-refractivity contribution in [3.63, 3.8) is 0 Å². The average molecular weight is 660 g/mol. The zero-order valence-electron chi connectivity index (χ0n) is 27.8. The third-order valence-corrected chi connectivity index (χ3v) is 11.2. The fourth-order valence-electron chi connectivity index (χ4n) is 7.45. The van der Waals surface area contributed by atoms with E-state index < -0.39 is 43.2 Å². The van der Waals surface area contributed by atoms with E-state index >= 15 is 4.79 Å². The molecule has 46 heavy (non-hydrogen) atoms. The standard InChI is InChI=1S/C38H46ClNO5Si/c1-26(24-41)33(45-3)20-14-13-19-31-22-30(25-46(4,5)6)27(2)35-32(21-28-15-9-7-10-16-28)40(36(43)29-17-11-8-12-18-29)37(44)38(31,35)34(42)23-39/h7-13,15-19,22,24,27,31-32,35H,14,20-21,23,25H2,1-6H3/b19-13+,33-26+/t27-,31+,32+,35+,38-/m0/s1. The topological polar surface area (TPSA) is 80.8 Å². The van der Waals surface area contributed by atoms with E-state index in [1.807, 2.05) is 48.6 Å². The van der Waals surface area contributed by atoms with Crippen molar-refractivity contribution < 1.29 is 23.9 Å². The number of amides is 2. The quantitative estimate of drug-likeness (QED) is 0.0322. The number of aldehydes is 1. The van der Waals surface area contributed by atoms with Gasteiger partial charge in [-0.15, -0.1) is 11.6 Å². The van der Waals surface area contributed by atoms with E-state index in [1.54, 1.807) is 38.3 Å². The van der Waals surface area contributed by atoms with Gasteiger partial charge in [-0.05, 0) is 49.4 Å². The lowest BCUT2D eigenvalue weighted by atomic mass is 9.55. The number of rotatable bonds is 13. The molecule has 0 spiro atoms. The molecule has 1 saturated heterocycles. The van der Waals surface area contributed by atoms with Crippen molar-refractivity contribution >= 4 is 43.6 Å². The van der Waals surface area contributed by atoms with Crippen molar-refractivity contribution in [2.45, 2.75) is 64.8 Å². The van der Waals surface area contributed by atoms with Crippen LogP contribution in [-0.2, 0) is 25.5 Å². The second kappa shape index (κ2) is 14.9. The zero-order valence-corrected chi connectivity index (χ0v) is 29.6. The van der Waals surface area contributed by atoms with Crippen LogP contribution in [-0.4, -0.2) is 55.9 Å². The summed E-state index contributed by atoms with van der Waals surface area (Å²) in [4.78, 5) is 56.4. The molecule has 0 bridgehead atoms. The molecule has 1 heterocycles. The first-order valence-corrected chi connectivity index (χ1v) is 20.3. The van der Waals surface area contributed by atoms with Crippen molar-refractivity contribution in [1.29, 1.82) is 0 Å².